The summed E-state index contributed by atoms with van der Waals surface area (Å²) in [6.07, 6.45) is 4.10. The maximum atomic E-state index is 11.4. The van der Waals surface area contributed by atoms with E-state index in [0.717, 1.165) is 25.7 Å². The Bertz CT molecular complexity index is 327. The first-order valence-electron chi connectivity index (χ1n) is 7.21. The molecule has 0 bridgehead atoms. The summed E-state index contributed by atoms with van der Waals surface area (Å²) in [7, 11) is 0. The highest BCUT2D eigenvalue weighted by Gasteiger charge is 2.42. The normalized spacial score (nSPS) is 29.2. The Morgan fingerprint density at radius 1 is 1.21 bits per heavy atom. The van der Waals surface area contributed by atoms with Gasteiger partial charge in [-0.25, -0.2) is 0 Å². The lowest BCUT2D eigenvalue weighted by Crippen LogP contribution is -2.38. The maximum Gasteiger partial charge on any atom is 0.307 e. The Morgan fingerprint density at radius 2 is 1.74 bits per heavy atom. The first kappa shape index (κ1) is 16.0. The van der Waals surface area contributed by atoms with Crippen LogP contribution in [0.4, 0.5) is 0 Å². The SMILES string of the molecule is CC(C)C1CCC(C)(C(CCC(=O)O)C(=O)O)CC1. The molecule has 0 radical (unpaired) electrons. The molecule has 0 aliphatic heterocycles. The van der Waals surface area contributed by atoms with E-state index in [2.05, 4.69) is 13.8 Å². The van der Waals surface area contributed by atoms with Crippen molar-refractivity contribution in [3.05, 3.63) is 0 Å². The van der Waals surface area contributed by atoms with E-state index >= 15 is 0 Å². The van der Waals surface area contributed by atoms with Crippen LogP contribution in [0.3, 0.4) is 0 Å². The zero-order chi connectivity index (χ0) is 14.6. The fourth-order valence-electron chi connectivity index (χ4n) is 3.35. The van der Waals surface area contributed by atoms with Crippen molar-refractivity contribution < 1.29 is 19.8 Å². The second-order valence-electron chi connectivity index (χ2n) is 6.56. The van der Waals surface area contributed by atoms with E-state index in [0.29, 0.717) is 11.8 Å². The molecule has 1 aliphatic carbocycles. The van der Waals surface area contributed by atoms with Gasteiger partial charge in [0.1, 0.15) is 0 Å². The standard InChI is InChI=1S/C15H26O4/c1-10(2)11-6-8-15(3,9-7-11)12(14(18)19)4-5-13(16)17/h10-12H,4-9H2,1-3H3,(H,16,17)(H,18,19). The number of hydrogen-bond acceptors (Lipinski definition) is 2. The molecule has 1 saturated carbocycles. The van der Waals surface area contributed by atoms with Crippen molar-refractivity contribution in [2.75, 3.05) is 0 Å². The van der Waals surface area contributed by atoms with Gasteiger partial charge in [-0.05, 0) is 49.4 Å². The Hall–Kier alpha value is -1.06. The molecule has 4 heteroatoms. The smallest absolute Gasteiger partial charge is 0.307 e. The first-order chi connectivity index (χ1) is 8.76. The summed E-state index contributed by atoms with van der Waals surface area (Å²) in [5.74, 6) is -0.956. The van der Waals surface area contributed by atoms with Gasteiger partial charge in [0.15, 0.2) is 0 Å². The summed E-state index contributed by atoms with van der Waals surface area (Å²) < 4.78 is 0. The summed E-state index contributed by atoms with van der Waals surface area (Å²) in [6.45, 7) is 6.45. The molecule has 1 rings (SSSR count). The van der Waals surface area contributed by atoms with Gasteiger partial charge in [-0.15, -0.1) is 0 Å². The van der Waals surface area contributed by atoms with Crippen molar-refractivity contribution in [2.45, 2.75) is 59.3 Å². The van der Waals surface area contributed by atoms with Crippen LogP contribution in [-0.4, -0.2) is 22.2 Å². The molecular formula is C15H26O4. The van der Waals surface area contributed by atoms with Crippen molar-refractivity contribution in [3.63, 3.8) is 0 Å². The van der Waals surface area contributed by atoms with Crippen LogP contribution in [0, 0.1) is 23.2 Å². The zero-order valence-corrected chi connectivity index (χ0v) is 12.2. The van der Waals surface area contributed by atoms with Crippen LogP contribution in [0.15, 0.2) is 0 Å². The van der Waals surface area contributed by atoms with Crippen LogP contribution < -0.4 is 0 Å². The highest BCUT2D eigenvalue weighted by molar-refractivity contribution is 5.73. The molecule has 1 aliphatic rings. The van der Waals surface area contributed by atoms with Crippen LogP contribution in [-0.2, 0) is 9.59 Å². The largest absolute Gasteiger partial charge is 0.481 e. The van der Waals surface area contributed by atoms with Gasteiger partial charge in [-0.2, -0.15) is 0 Å². The van der Waals surface area contributed by atoms with Gasteiger partial charge in [0.05, 0.1) is 5.92 Å². The highest BCUT2D eigenvalue weighted by atomic mass is 16.4. The lowest BCUT2D eigenvalue weighted by Gasteiger charge is -2.42. The molecule has 2 N–H and O–H groups in total. The van der Waals surface area contributed by atoms with Gasteiger partial charge in [-0.1, -0.05) is 20.8 Å². The van der Waals surface area contributed by atoms with Crippen molar-refractivity contribution in [2.24, 2.45) is 23.2 Å². The molecule has 110 valence electrons. The van der Waals surface area contributed by atoms with Gasteiger partial charge in [0, 0.05) is 6.42 Å². The van der Waals surface area contributed by atoms with Crippen LogP contribution in [0.1, 0.15) is 59.3 Å². The first-order valence-corrected chi connectivity index (χ1v) is 7.21. The van der Waals surface area contributed by atoms with Gasteiger partial charge >= 0.3 is 11.9 Å². The van der Waals surface area contributed by atoms with E-state index in [9.17, 15) is 14.7 Å². The number of hydrogen-bond donors (Lipinski definition) is 2. The number of rotatable bonds is 6. The minimum absolute atomic E-state index is 0.0554. The molecule has 19 heavy (non-hydrogen) atoms. The molecule has 4 nitrogen and oxygen atoms in total. The summed E-state index contributed by atoms with van der Waals surface area (Å²) >= 11 is 0. The number of carbonyl (C=O) groups is 2. The predicted octanol–water partition coefficient (Wildman–Crippen LogP) is 3.40. The predicted molar refractivity (Wildman–Crippen MR) is 72.9 cm³/mol. The molecule has 0 aromatic heterocycles. The Morgan fingerprint density at radius 3 is 2.11 bits per heavy atom. The minimum Gasteiger partial charge on any atom is -0.481 e. The molecule has 1 fully saturated rings. The molecule has 0 spiro atoms. The number of carboxylic acids is 2. The van der Waals surface area contributed by atoms with E-state index in [4.69, 9.17) is 5.11 Å². The maximum absolute atomic E-state index is 11.4. The minimum atomic E-state index is -0.911. The fourth-order valence-corrected chi connectivity index (χ4v) is 3.35. The lowest BCUT2D eigenvalue weighted by atomic mass is 9.62. The van der Waals surface area contributed by atoms with E-state index in [-0.39, 0.29) is 18.3 Å². The molecular weight excluding hydrogens is 244 g/mol. The van der Waals surface area contributed by atoms with Crippen molar-refractivity contribution in [1.29, 1.82) is 0 Å². The Balaban J connectivity index is 2.68. The summed E-state index contributed by atoms with van der Waals surface area (Å²) in [5.41, 5.74) is -0.243. The summed E-state index contributed by atoms with van der Waals surface area (Å²) in [4.78, 5) is 22.1. The zero-order valence-electron chi connectivity index (χ0n) is 12.2. The van der Waals surface area contributed by atoms with Gasteiger partial charge < -0.3 is 10.2 Å². The van der Waals surface area contributed by atoms with Crippen molar-refractivity contribution in [1.82, 2.24) is 0 Å². The molecule has 0 aromatic rings. The third kappa shape index (κ3) is 4.22. The van der Waals surface area contributed by atoms with Crippen LogP contribution in [0.2, 0.25) is 0 Å². The third-order valence-electron chi connectivity index (χ3n) is 4.90. The average molecular weight is 270 g/mol. The molecule has 0 aromatic carbocycles. The van der Waals surface area contributed by atoms with E-state index in [1.165, 1.54) is 0 Å². The lowest BCUT2D eigenvalue weighted by molar-refractivity contribution is -0.149. The summed E-state index contributed by atoms with van der Waals surface area (Å²) in [6, 6.07) is 0. The topological polar surface area (TPSA) is 74.6 Å². The van der Waals surface area contributed by atoms with Gasteiger partial charge in [0.25, 0.3) is 0 Å². The van der Waals surface area contributed by atoms with Gasteiger partial charge in [-0.3, -0.25) is 9.59 Å². The third-order valence-corrected chi connectivity index (χ3v) is 4.90. The van der Waals surface area contributed by atoms with Crippen molar-refractivity contribution in [3.8, 4) is 0 Å². The number of aliphatic carboxylic acids is 2. The van der Waals surface area contributed by atoms with E-state index in [1.54, 1.807) is 0 Å². The quantitative estimate of drug-likeness (QED) is 0.775. The second-order valence-corrected chi connectivity index (χ2v) is 6.56. The molecule has 1 unspecified atom stereocenters. The van der Waals surface area contributed by atoms with Crippen LogP contribution in [0.25, 0.3) is 0 Å². The van der Waals surface area contributed by atoms with E-state index < -0.39 is 17.9 Å². The number of carboxylic acid groups (broad SMARTS) is 2. The van der Waals surface area contributed by atoms with Gasteiger partial charge in [0.2, 0.25) is 0 Å². The second kappa shape index (κ2) is 6.40. The van der Waals surface area contributed by atoms with E-state index in [1.807, 2.05) is 6.92 Å². The van der Waals surface area contributed by atoms with Crippen LogP contribution in [0.5, 0.6) is 0 Å². The average Bonchev–Trinajstić information content (AvgIpc) is 2.28. The fraction of sp³-hybridized carbons (Fsp3) is 0.867. The molecule has 0 amide bonds. The Labute approximate surface area is 115 Å². The van der Waals surface area contributed by atoms with Crippen molar-refractivity contribution >= 4 is 11.9 Å². The molecule has 0 heterocycles. The summed E-state index contributed by atoms with van der Waals surface area (Å²) in [5, 5.41) is 18.1. The molecule has 0 saturated heterocycles. The molecule has 1 atom stereocenters. The van der Waals surface area contributed by atoms with Crippen LogP contribution >= 0.6 is 0 Å². The Kier molecular flexibility index (Phi) is 5.39. The highest BCUT2D eigenvalue weighted by Crippen LogP contribution is 2.47. The monoisotopic (exact) mass is 270 g/mol.